The molecule has 0 fully saturated rings. The molecule has 0 aromatic rings. The van der Waals surface area contributed by atoms with E-state index in [4.69, 9.17) is 0 Å². The Morgan fingerprint density at radius 3 is 0.500 bits per heavy atom. The summed E-state index contributed by atoms with van der Waals surface area (Å²) in [6, 6.07) is 0. The molecule has 0 saturated heterocycles. The number of hydrogen-bond donors (Lipinski definition) is 2. The highest BCUT2D eigenvalue weighted by atomic mass is 32.1. The van der Waals surface area contributed by atoms with Gasteiger partial charge in [-0.15, -0.1) is 0 Å². The van der Waals surface area contributed by atoms with Gasteiger partial charge in [0.2, 0.25) is 0 Å². The van der Waals surface area contributed by atoms with E-state index in [2.05, 4.69) is 0 Å². The molecule has 0 heterocycles. The van der Waals surface area contributed by atoms with Crippen molar-refractivity contribution >= 4 is 27.0 Å². The highest BCUT2D eigenvalue weighted by molar-refractivity contribution is 7.37. The molecule has 0 aromatic carbocycles. The third kappa shape index (κ3) is 17.9. The Morgan fingerprint density at radius 2 is 0.500 bits per heavy atom. The van der Waals surface area contributed by atoms with Gasteiger partial charge in [-0.2, -0.15) is 0 Å². The lowest BCUT2D eigenvalue weighted by atomic mass is 14.0. The SMILES string of the molecule is [NH4+].[NH4+].[S-2].[S-2]. The van der Waals surface area contributed by atoms with Crippen LogP contribution in [-0.2, 0) is 27.0 Å². The molecule has 0 unspecified atom stereocenters. The van der Waals surface area contributed by atoms with Crippen molar-refractivity contribution in [3.05, 3.63) is 0 Å². The van der Waals surface area contributed by atoms with Gasteiger partial charge in [-0.05, 0) is 0 Å². The summed E-state index contributed by atoms with van der Waals surface area (Å²) in [4.78, 5) is 0. The van der Waals surface area contributed by atoms with Crippen LogP contribution in [-0.4, -0.2) is 0 Å². The molecule has 2 nitrogen and oxygen atoms in total. The van der Waals surface area contributed by atoms with Gasteiger partial charge in [-0.25, -0.2) is 0 Å². The lowest BCUT2D eigenvalue weighted by Gasteiger charge is -2.00. The summed E-state index contributed by atoms with van der Waals surface area (Å²) >= 11 is 0. The first-order valence-electron chi connectivity index (χ1n) is 0. The van der Waals surface area contributed by atoms with Crippen LogP contribution < -0.4 is 12.3 Å². The lowest BCUT2D eigenvalue weighted by molar-refractivity contribution is 2.13. The van der Waals surface area contributed by atoms with Crippen molar-refractivity contribution < 1.29 is 0 Å². The highest BCUT2D eigenvalue weighted by Gasteiger charge is -0.368. The molecule has 4 heavy (non-hydrogen) atoms. The largest absolute Gasteiger partial charge is 2.00 e. The fraction of sp³-hybridized carbons (Fsp3) is 0. The molecule has 0 aromatic heterocycles. The van der Waals surface area contributed by atoms with E-state index >= 15 is 0 Å². The van der Waals surface area contributed by atoms with Crippen LogP contribution in [0.2, 0.25) is 0 Å². The molecule has 0 aliphatic rings. The van der Waals surface area contributed by atoms with E-state index < -0.39 is 0 Å². The zero-order chi connectivity index (χ0) is 0. The Bertz CT molecular complexity index is 4.00. The van der Waals surface area contributed by atoms with Gasteiger partial charge in [0, 0.05) is 0 Å². The molecule has 0 rings (SSSR count). The third-order valence-electron chi connectivity index (χ3n) is 0. The quantitative estimate of drug-likeness (QED) is 0.451. The molecule has 0 bridgehead atoms. The minimum absolute atomic E-state index is 0. The van der Waals surface area contributed by atoms with E-state index in [1.165, 1.54) is 0 Å². The predicted octanol–water partition coefficient (Wildman–Crippen LogP) is 0.748. The summed E-state index contributed by atoms with van der Waals surface area (Å²) in [6.45, 7) is 0. The molecule has 0 atom stereocenters. The standard InChI is InChI=1S/2H3N.2S/h2*1H3;;/q;;2*-2/p+2. The first kappa shape index (κ1) is 157. The maximum absolute atomic E-state index is 0. The zero-order valence-electron chi connectivity index (χ0n) is 2.82. The molecular formula is H8N2S2-2. The zero-order valence-corrected chi connectivity index (χ0v) is 4.45. The van der Waals surface area contributed by atoms with Gasteiger partial charge in [0.15, 0.2) is 0 Å². The summed E-state index contributed by atoms with van der Waals surface area (Å²) < 4.78 is 0. The minimum atomic E-state index is 0. The monoisotopic (exact) mass is 100 g/mol. The molecule has 0 spiro atoms. The molecule has 0 aliphatic heterocycles. The molecule has 32 valence electrons. The van der Waals surface area contributed by atoms with E-state index in [1.54, 1.807) is 0 Å². The van der Waals surface area contributed by atoms with Crippen LogP contribution in [0.4, 0.5) is 0 Å². The van der Waals surface area contributed by atoms with E-state index in [9.17, 15) is 0 Å². The lowest BCUT2D eigenvalue weighted by Crippen LogP contribution is -0.482. The van der Waals surface area contributed by atoms with Crippen LogP contribution in [0.1, 0.15) is 0 Å². The van der Waals surface area contributed by atoms with Gasteiger partial charge in [-0.3, -0.25) is 0 Å². The average molecular weight is 100 g/mol. The summed E-state index contributed by atoms with van der Waals surface area (Å²) in [5.41, 5.74) is 0. The summed E-state index contributed by atoms with van der Waals surface area (Å²) in [5.74, 6) is 0. The fourth-order valence-corrected chi connectivity index (χ4v) is 0. The molecular weight excluding hydrogens is 92.1 g/mol. The Kier molecular flexibility index (Phi) is 2550. The summed E-state index contributed by atoms with van der Waals surface area (Å²) in [7, 11) is 0. The van der Waals surface area contributed by atoms with E-state index in [-0.39, 0.29) is 39.3 Å². The summed E-state index contributed by atoms with van der Waals surface area (Å²) in [5, 5.41) is 0. The van der Waals surface area contributed by atoms with Gasteiger partial charge < -0.3 is 39.3 Å². The van der Waals surface area contributed by atoms with Gasteiger partial charge in [0.05, 0.1) is 0 Å². The Hall–Kier alpha value is 0.620. The number of rotatable bonds is 0. The predicted molar refractivity (Wildman–Crippen MR) is 26.7 cm³/mol. The van der Waals surface area contributed by atoms with E-state index in [0.717, 1.165) is 0 Å². The second-order valence-corrected chi connectivity index (χ2v) is 0. The fourth-order valence-electron chi connectivity index (χ4n) is 0. The van der Waals surface area contributed by atoms with Crippen molar-refractivity contribution in [2.45, 2.75) is 0 Å². The summed E-state index contributed by atoms with van der Waals surface area (Å²) in [6.07, 6.45) is 0. The van der Waals surface area contributed by atoms with Crippen molar-refractivity contribution in [2.24, 2.45) is 0 Å². The maximum atomic E-state index is 0. The first-order chi connectivity index (χ1) is 0. The Labute approximate surface area is 40.0 Å². The smallest absolute Gasteiger partial charge is 0.369 e. The second kappa shape index (κ2) is 64.6. The van der Waals surface area contributed by atoms with Crippen molar-refractivity contribution in [1.29, 1.82) is 0 Å². The van der Waals surface area contributed by atoms with Crippen LogP contribution in [0.15, 0.2) is 0 Å². The topological polar surface area (TPSA) is 73.0 Å². The maximum Gasteiger partial charge on any atom is -0.369 e. The molecule has 4 heteroatoms. The Balaban J connectivity index is 0. The van der Waals surface area contributed by atoms with Crippen molar-refractivity contribution in [1.82, 2.24) is 12.3 Å². The van der Waals surface area contributed by atoms with Gasteiger partial charge in [0.25, 0.3) is 0 Å². The van der Waals surface area contributed by atoms with Crippen LogP contribution in [0.5, 0.6) is 0 Å². The molecule has 0 amide bonds. The molecule has 0 saturated carbocycles. The molecule has 0 aliphatic carbocycles. The number of quaternary nitrogens is 2. The Morgan fingerprint density at radius 1 is 0.500 bits per heavy atom. The van der Waals surface area contributed by atoms with Gasteiger partial charge in [-0.1, -0.05) is 0 Å². The first-order valence-corrected chi connectivity index (χ1v) is 0. The van der Waals surface area contributed by atoms with Gasteiger partial charge >= 0.3 is 0 Å². The third-order valence-corrected chi connectivity index (χ3v) is 0. The normalized spacial score (nSPS) is 0. The number of hydrogen-bond acceptors (Lipinski definition) is 0. The van der Waals surface area contributed by atoms with Crippen molar-refractivity contribution in [3.8, 4) is 0 Å². The van der Waals surface area contributed by atoms with Crippen LogP contribution in [0.25, 0.3) is 0 Å². The van der Waals surface area contributed by atoms with Gasteiger partial charge in [0.1, 0.15) is 0 Å². The van der Waals surface area contributed by atoms with E-state index in [1.807, 2.05) is 0 Å². The van der Waals surface area contributed by atoms with Crippen LogP contribution in [0.3, 0.4) is 0 Å². The second-order valence-electron chi connectivity index (χ2n) is 0. The highest BCUT2D eigenvalue weighted by Crippen LogP contribution is -0.00139. The van der Waals surface area contributed by atoms with E-state index in [0.29, 0.717) is 0 Å². The van der Waals surface area contributed by atoms with Crippen LogP contribution in [0, 0.1) is 0 Å². The van der Waals surface area contributed by atoms with Crippen molar-refractivity contribution in [2.75, 3.05) is 0 Å². The van der Waals surface area contributed by atoms with Crippen LogP contribution >= 0.6 is 0 Å². The average Bonchev–Trinajstić information content (AvgIpc) is 0. The minimum Gasteiger partial charge on any atom is -2.00 e. The molecule has 0 radical (unpaired) electrons. The molecule has 8 N–H and O–H groups in total. The van der Waals surface area contributed by atoms with Crippen molar-refractivity contribution in [3.63, 3.8) is 0 Å².